The molecule has 1 spiro atoms. The van der Waals surface area contributed by atoms with E-state index in [4.69, 9.17) is 14.6 Å². The number of benzene rings is 1. The fourth-order valence-corrected chi connectivity index (χ4v) is 5.02. The van der Waals surface area contributed by atoms with Crippen molar-refractivity contribution in [1.29, 1.82) is 0 Å². The molecule has 0 bridgehead atoms. The first-order chi connectivity index (χ1) is 16.9. The number of ether oxygens (including phenoxy) is 2. The summed E-state index contributed by atoms with van der Waals surface area (Å²) in [7, 11) is 0. The number of ketones is 1. The number of esters is 1. The number of hydrogen-bond acceptors (Lipinski definition) is 6. The van der Waals surface area contributed by atoms with Crippen molar-refractivity contribution in [2.75, 3.05) is 26.4 Å². The Bertz CT molecular complexity index is 1070. The minimum atomic E-state index is -0.237. The highest BCUT2D eigenvalue weighted by molar-refractivity contribution is 5.95. The number of rotatable bonds is 9. The molecular weight excluding hydrogens is 446 g/mol. The molecule has 8 nitrogen and oxygen atoms in total. The van der Waals surface area contributed by atoms with Crippen LogP contribution in [0.4, 0.5) is 0 Å². The van der Waals surface area contributed by atoms with Gasteiger partial charge in [-0.05, 0) is 63.4 Å². The predicted octanol–water partition coefficient (Wildman–Crippen LogP) is 3.30. The van der Waals surface area contributed by atoms with Crippen molar-refractivity contribution in [2.45, 2.75) is 65.3 Å². The summed E-state index contributed by atoms with van der Waals surface area (Å²) in [6.45, 7) is 6.60. The SMILES string of the molecule is CCn1nc(CCCOC(=O)CCc2ccc(C(C)=O)cc2)c2c1C(=O)NCC1(CCOCC1)C2. The maximum Gasteiger partial charge on any atom is 0.306 e. The molecule has 4 rings (SSSR count). The van der Waals surface area contributed by atoms with Crippen LogP contribution < -0.4 is 5.32 Å². The molecule has 0 unspecified atom stereocenters. The highest BCUT2D eigenvalue weighted by Gasteiger charge is 2.39. The van der Waals surface area contributed by atoms with Crippen LogP contribution in [0.15, 0.2) is 24.3 Å². The smallest absolute Gasteiger partial charge is 0.306 e. The van der Waals surface area contributed by atoms with Crippen LogP contribution in [0.5, 0.6) is 0 Å². The van der Waals surface area contributed by atoms with E-state index in [9.17, 15) is 14.4 Å². The zero-order chi connectivity index (χ0) is 24.8. The van der Waals surface area contributed by atoms with Crippen LogP contribution in [0.2, 0.25) is 0 Å². The number of amides is 1. The van der Waals surface area contributed by atoms with Gasteiger partial charge < -0.3 is 14.8 Å². The first-order valence-corrected chi connectivity index (χ1v) is 12.6. The number of carbonyl (C=O) groups excluding carboxylic acids is 3. The quantitative estimate of drug-likeness (QED) is 0.335. The summed E-state index contributed by atoms with van der Waals surface area (Å²) >= 11 is 0. The van der Waals surface area contributed by atoms with Crippen LogP contribution in [0.25, 0.3) is 0 Å². The van der Waals surface area contributed by atoms with E-state index in [-0.39, 0.29) is 23.1 Å². The molecule has 1 amide bonds. The molecule has 0 radical (unpaired) electrons. The predicted molar refractivity (Wildman–Crippen MR) is 130 cm³/mol. The van der Waals surface area contributed by atoms with Crippen molar-refractivity contribution in [1.82, 2.24) is 15.1 Å². The Balaban J connectivity index is 1.31. The molecule has 2 aliphatic heterocycles. The minimum Gasteiger partial charge on any atom is -0.466 e. The van der Waals surface area contributed by atoms with E-state index in [2.05, 4.69) is 5.32 Å². The molecular formula is C27H35N3O5. The Labute approximate surface area is 206 Å². The second kappa shape index (κ2) is 11.2. The van der Waals surface area contributed by atoms with E-state index in [0.717, 1.165) is 49.3 Å². The number of Topliss-reactive ketones (excluding diaryl/α,β-unsaturated/α-hetero) is 1. The van der Waals surface area contributed by atoms with E-state index >= 15 is 0 Å². The average Bonchev–Trinajstić information content (AvgIpc) is 3.14. The average molecular weight is 482 g/mol. The topological polar surface area (TPSA) is 99.5 Å². The monoisotopic (exact) mass is 481 g/mol. The van der Waals surface area contributed by atoms with Crippen molar-refractivity contribution < 1.29 is 23.9 Å². The van der Waals surface area contributed by atoms with E-state index in [1.54, 1.807) is 12.1 Å². The highest BCUT2D eigenvalue weighted by atomic mass is 16.5. The summed E-state index contributed by atoms with van der Waals surface area (Å²) in [5.74, 6) is -0.258. The van der Waals surface area contributed by atoms with Crippen LogP contribution in [-0.2, 0) is 40.1 Å². The first-order valence-electron chi connectivity index (χ1n) is 12.6. The second-order valence-corrected chi connectivity index (χ2v) is 9.64. The summed E-state index contributed by atoms with van der Waals surface area (Å²) in [6.07, 6.45) is 4.87. The molecule has 1 N–H and O–H groups in total. The summed E-state index contributed by atoms with van der Waals surface area (Å²) in [6, 6.07) is 7.32. The molecule has 0 saturated carbocycles. The van der Waals surface area contributed by atoms with Gasteiger partial charge in [0.25, 0.3) is 5.91 Å². The molecule has 1 aromatic carbocycles. The maximum absolute atomic E-state index is 12.9. The van der Waals surface area contributed by atoms with E-state index in [1.165, 1.54) is 6.92 Å². The van der Waals surface area contributed by atoms with Crippen molar-refractivity contribution in [3.63, 3.8) is 0 Å². The highest BCUT2D eigenvalue weighted by Crippen LogP contribution is 2.37. The standard InChI is InChI=1S/C27H35N3O5/c1-3-30-25-22(17-27(18-28-26(25)33)12-15-34-16-13-27)23(29-30)5-4-14-35-24(32)11-8-20-6-9-21(10-7-20)19(2)31/h6-7,9-10H,3-5,8,11-18H2,1-2H3,(H,28,33). The van der Waals surface area contributed by atoms with Gasteiger partial charge in [0.05, 0.1) is 12.3 Å². The molecule has 35 heavy (non-hydrogen) atoms. The van der Waals surface area contributed by atoms with Crippen molar-refractivity contribution >= 4 is 17.7 Å². The number of fused-ring (bicyclic) bond motifs is 1. The van der Waals surface area contributed by atoms with Crippen molar-refractivity contribution in [3.8, 4) is 0 Å². The molecule has 1 aromatic heterocycles. The van der Waals surface area contributed by atoms with Gasteiger partial charge in [0.2, 0.25) is 0 Å². The number of aromatic nitrogens is 2. The van der Waals surface area contributed by atoms with Crippen molar-refractivity contribution in [2.24, 2.45) is 5.41 Å². The molecule has 1 saturated heterocycles. The molecule has 2 aromatic rings. The molecule has 8 heteroatoms. The Hall–Kier alpha value is -3.00. The van der Waals surface area contributed by atoms with E-state index < -0.39 is 0 Å². The summed E-state index contributed by atoms with van der Waals surface area (Å²) < 4.78 is 12.8. The molecule has 0 aliphatic carbocycles. The normalized spacial score (nSPS) is 16.9. The number of nitrogens with zero attached hydrogens (tertiary/aromatic N) is 2. The van der Waals surface area contributed by atoms with E-state index in [1.807, 2.05) is 23.7 Å². The Morgan fingerprint density at radius 2 is 1.91 bits per heavy atom. The van der Waals surface area contributed by atoms with Crippen LogP contribution in [0, 0.1) is 5.41 Å². The number of aryl methyl sites for hydroxylation is 3. The van der Waals surface area contributed by atoms with Gasteiger partial charge in [0.1, 0.15) is 5.69 Å². The fraction of sp³-hybridized carbons (Fsp3) is 0.556. The second-order valence-electron chi connectivity index (χ2n) is 9.64. The Kier molecular flexibility index (Phi) is 8.00. The van der Waals surface area contributed by atoms with Gasteiger partial charge in [0.15, 0.2) is 5.78 Å². The summed E-state index contributed by atoms with van der Waals surface area (Å²) in [5, 5.41) is 7.88. The largest absolute Gasteiger partial charge is 0.466 e. The Morgan fingerprint density at radius 1 is 1.17 bits per heavy atom. The molecule has 188 valence electrons. The minimum absolute atomic E-state index is 0.0185. The Morgan fingerprint density at radius 3 is 2.60 bits per heavy atom. The van der Waals surface area contributed by atoms with Gasteiger partial charge in [-0.3, -0.25) is 19.1 Å². The van der Waals surface area contributed by atoms with Crippen LogP contribution in [-0.4, -0.2) is 53.8 Å². The molecule has 0 atom stereocenters. The maximum atomic E-state index is 12.9. The van der Waals surface area contributed by atoms with Crippen LogP contribution >= 0.6 is 0 Å². The number of hydrogen-bond donors (Lipinski definition) is 1. The lowest BCUT2D eigenvalue weighted by molar-refractivity contribution is -0.143. The summed E-state index contributed by atoms with van der Waals surface area (Å²) in [5.41, 5.74) is 4.35. The van der Waals surface area contributed by atoms with Gasteiger partial charge in [0, 0.05) is 43.9 Å². The number of nitrogens with one attached hydrogen (secondary N) is 1. The van der Waals surface area contributed by atoms with Crippen LogP contribution in [0.1, 0.15) is 77.2 Å². The first kappa shape index (κ1) is 25.1. The van der Waals surface area contributed by atoms with Crippen molar-refractivity contribution in [3.05, 3.63) is 52.3 Å². The van der Waals surface area contributed by atoms with E-state index in [0.29, 0.717) is 56.6 Å². The third-order valence-electron chi connectivity index (χ3n) is 7.18. The molecule has 1 fully saturated rings. The lowest BCUT2D eigenvalue weighted by Gasteiger charge is -2.36. The van der Waals surface area contributed by atoms with Gasteiger partial charge >= 0.3 is 5.97 Å². The zero-order valence-electron chi connectivity index (χ0n) is 20.7. The fourth-order valence-electron chi connectivity index (χ4n) is 5.02. The van der Waals surface area contributed by atoms with Gasteiger partial charge in [-0.15, -0.1) is 0 Å². The third-order valence-corrected chi connectivity index (χ3v) is 7.18. The third kappa shape index (κ3) is 5.99. The van der Waals surface area contributed by atoms with Gasteiger partial charge in [-0.1, -0.05) is 24.3 Å². The number of carbonyl (C=O) groups is 3. The zero-order valence-corrected chi connectivity index (χ0v) is 20.7. The lowest BCUT2D eigenvalue weighted by Crippen LogP contribution is -2.40. The van der Waals surface area contributed by atoms with Crippen LogP contribution in [0.3, 0.4) is 0 Å². The summed E-state index contributed by atoms with van der Waals surface area (Å²) in [4.78, 5) is 36.5. The lowest BCUT2D eigenvalue weighted by atomic mass is 9.75. The van der Waals surface area contributed by atoms with Gasteiger partial charge in [-0.25, -0.2) is 0 Å². The van der Waals surface area contributed by atoms with Gasteiger partial charge in [-0.2, -0.15) is 5.10 Å². The molecule has 2 aliphatic rings. The molecule has 3 heterocycles.